The molecule has 0 radical (unpaired) electrons. The lowest BCUT2D eigenvalue weighted by molar-refractivity contribution is 0.0935. The van der Waals surface area contributed by atoms with Gasteiger partial charge >= 0.3 is 0 Å². The van der Waals surface area contributed by atoms with Gasteiger partial charge in [-0.3, -0.25) is 9.52 Å². The average molecular weight is 368 g/mol. The number of hydrogen-bond donors (Lipinski definition) is 3. The van der Waals surface area contributed by atoms with Crippen molar-refractivity contribution in [1.82, 2.24) is 5.32 Å². The molecule has 0 spiro atoms. The van der Waals surface area contributed by atoms with Crippen molar-refractivity contribution >= 4 is 34.0 Å². The molecular weight excluding hydrogens is 345 g/mol. The highest BCUT2D eigenvalue weighted by Crippen LogP contribution is 2.17. The number of unbranched alkanes of at least 4 members (excludes halogenated alkanes) is 1. The van der Waals surface area contributed by atoms with Crippen LogP contribution < -0.4 is 15.8 Å². The fourth-order valence-corrected chi connectivity index (χ4v) is 2.47. The van der Waals surface area contributed by atoms with Crippen LogP contribution in [-0.4, -0.2) is 33.2 Å². The maximum atomic E-state index is 13.6. The molecule has 0 aliphatic rings. The Balaban J connectivity index is 0.00000484. The molecule has 1 rings (SSSR count). The van der Waals surface area contributed by atoms with Gasteiger partial charge < -0.3 is 11.1 Å². The molecule has 0 fully saturated rings. The van der Waals surface area contributed by atoms with Crippen LogP contribution in [0, 0.1) is 5.82 Å². The molecule has 0 aliphatic heterocycles. The zero-order valence-corrected chi connectivity index (χ0v) is 14.8. The van der Waals surface area contributed by atoms with Gasteiger partial charge in [0.05, 0.1) is 11.9 Å². The van der Waals surface area contributed by atoms with E-state index in [1.165, 1.54) is 12.1 Å². The molecule has 0 heterocycles. The first kappa shape index (κ1) is 21.6. The van der Waals surface area contributed by atoms with E-state index in [1.807, 2.05) is 11.6 Å². The molecule has 23 heavy (non-hydrogen) atoms. The fraction of sp³-hybridized carbons (Fsp3) is 0.500. The van der Waals surface area contributed by atoms with Gasteiger partial charge in [0.25, 0.3) is 5.91 Å². The topological polar surface area (TPSA) is 101 Å². The van der Waals surface area contributed by atoms with Gasteiger partial charge in [-0.2, -0.15) is 0 Å². The van der Waals surface area contributed by atoms with E-state index in [2.05, 4.69) is 5.32 Å². The van der Waals surface area contributed by atoms with Crippen LogP contribution in [0.2, 0.25) is 0 Å². The second-order valence-electron chi connectivity index (χ2n) is 5.12. The lowest BCUT2D eigenvalue weighted by Gasteiger charge is -2.17. The SMILES string of the molecule is CCCCC(CN)NC(=O)c1ccc(F)c(NS(C)(=O)=O)c1.Cl. The van der Waals surface area contributed by atoms with E-state index >= 15 is 0 Å². The van der Waals surface area contributed by atoms with Crippen LogP contribution in [0.15, 0.2) is 18.2 Å². The molecule has 4 N–H and O–H groups in total. The van der Waals surface area contributed by atoms with Crippen molar-refractivity contribution in [3.05, 3.63) is 29.6 Å². The van der Waals surface area contributed by atoms with E-state index in [-0.39, 0.29) is 29.7 Å². The minimum absolute atomic E-state index is 0. The molecule has 9 heteroatoms. The number of halogens is 2. The number of nitrogens with two attached hydrogens (primary N) is 1. The minimum Gasteiger partial charge on any atom is -0.348 e. The van der Waals surface area contributed by atoms with Crippen molar-refractivity contribution in [2.75, 3.05) is 17.5 Å². The lowest BCUT2D eigenvalue weighted by atomic mass is 10.1. The van der Waals surface area contributed by atoms with Crippen molar-refractivity contribution in [2.45, 2.75) is 32.2 Å². The third-order valence-corrected chi connectivity index (χ3v) is 3.64. The Hall–Kier alpha value is -1.38. The highest BCUT2D eigenvalue weighted by atomic mass is 35.5. The van der Waals surface area contributed by atoms with E-state index < -0.39 is 21.7 Å². The Bertz CT molecular complexity index is 626. The molecule has 1 aromatic carbocycles. The van der Waals surface area contributed by atoms with E-state index in [1.54, 1.807) is 0 Å². The number of carbonyl (C=O) groups excluding carboxylic acids is 1. The second-order valence-corrected chi connectivity index (χ2v) is 6.87. The normalized spacial score (nSPS) is 12.2. The van der Waals surface area contributed by atoms with Gasteiger partial charge in [0.1, 0.15) is 5.82 Å². The van der Waals surface area contributed by atoms with Gasteiger partial charge in [0.2, 0.25) is 10.0 Å². The maximum Gasteiger partial charge on any atom is 0.251 e. The summed E-state index contributed by atoms with van der Waals surface area (Å²) in [5.41, 5.74) is 5.52. The Morgan fingerprint density at radius 2 is 2.04 bits per heavy atom. The van der Waals surface area contributed by atoms with Crippen LogP contribution in [0.1, 0.15) is 36.5 Å². The van der Waals surface area contributed by atoms with Crippen LogP contribution >= 0.6 is 12.4 Å². The number of anilines is 1. The van der Waals surface area contributed by atoms with Gasteiger partial charge in [0.15, 0.2) is 0 Å². The lowest BCUT2D eigenvalue weighted by Crippen LogP contribution is -2.40. The molecule has 1 atom stereocenters. The first-order valence-corrected chi connectivity index (χ1v) is 8.94. The van der Waals surface area contributed by atoms with Crippen molar-refractivity contribution in [1.29, 1.82) is 0 Å². The third kappa shape index (κ3) is 7.62. The van der Waals surface area contributed by atoms with Gasteiger partial charge in [-0.15, -0.1) is 12.4 Å². The standard InChI is InChI=1S/C14H22FN3O3S.ClH/c1-3-4-5-11(9-16)17-14(19)10-6-7-12(15)13(8-10)18-22(2,20)21;/h6-8,11,18H,3-5,9,16H2,1-2H3,(H,17,19);1H. The molecule has 0 bridgehead atoms. The first-order chi connectivity index (χ1) is 10.3. The van der Waals surface area contributed by atoms with Crippen LogP contribution in [-0.2, 0) is 10.0 Å². The molecule has 0 aromatic heterocycles. The molecule has 1 amide bonds. The van der Waals surface area contributed by atoms with E-state index in [9.17, 15) is 17.6 Å². The Kier molecular flexibility index (Phi) is 9.11. The highest BCUT2D eigenvalue weighted by Gasteiger charge is 2.15. The van der Waals surface area contributed by atoms with Gasteiger partial charge in [-0.25, -0.2) is 12.8 Å². The van der Waals surface area contributed by atoms with Crippen molar-refractivity contribution in [2.24, 2.45) is 5.73 Å². The summed E-state index contributed by atoms with van der Waals surface area (Å²) < 4.78 is 38.0. The zero-order chi connectivity index (χ0) is 16.8. The molecule has 1 unspecified atom stereocenters. The quantitative estimate of drug-likeness (QED) is 0.652. The smallest absolute Gasteiger partial charge is 0.251 e. The summed E-state index contributed by atoms with van der Waals surface area (Å²) in [7, 11) is -3.62. The number of rotatable bonds is 8. The summed E-state index contributed by atoms with van der Waals surface area (Å²) in [5.74, 6) is -1.16. The number of nitrogens with one attached hydrogen (secondary N) is 2. The molecule has 6 nitrogen and oxygen atoms in total. The van der Waals surface area contributed by atoms with E-state index in [4.69, 9.17) is 5.73 Å². The molecule has 0 saturated heterocycles. The number of amides is 1. The summed E-state index contributed by atoms with van der Waals surface area (Å²) in [5, 5.41) is 2.76. The Morgan fingerprint density at radius 1 is 1.39 bits per heavy atom. The molecular formula is C14H23ClFN3O3S. The molecule has 0 aliphatic carbocycles. The van der Waals surface area contributed by atoms with Gasteiger partial charge in [-0.05, 0) is 24.6 Å². The maximum absolute atomic E-state index is 13.6. The van der Waals surface area contributed by atoms with Gasteiger partial charge in [0, 0.05) is 18.2 Å². The van der Waals surface area contributed by atoms with Crippen LogP contribution in [0.25, 0.3) is 0 Å². The largest absolute Gasteiger partial charge is 0.348 e. The molecule has 132 valence electrons. The van der Waals surface area contributed by atoms with E-state index in [0.29, 0.717) is 6.54 Å². The summed E-state index contributed by atoms with van der Waals surface area (Å²) in [6.07, 6.45) is 3.60. The average Bonchev–Trinajstić information content (AvgIpc) is 2.44. The highest BCUT2D eigenvalue weighted by molar-refractivity contribution is 7.92. The number of sulfonamides is 1. The second kappa shape index (κ2) is 9.69. The summed E-state index contributed by atoms with van der Waals surface area (Å²) >= 11 is 0. The van der Waals surface area contributed by atoms with Gasteiger partial charge in [-0.1, -0.05) is 19.8 Å². The summed E-state index contributed by atoms with van der Waals surface area (Å²) in [6.45, 7) is 2.35. The first-order valence-electron chi connectivity index (χ1n) is 7.05. The predicted octanol–water partition coefficient (Wildman–Crippen LogP) is 1.87. The summed E-state index contributed by atoms with van der Waals surface area (Å²) in [4.78, 5) is 12.1. The number of carbonyl (C=O) groups is 1. The van der Waals surface area contributed by atoms with Crippen molar-refractivity contribution in [3.8, 4) is 0 Å². The number of hydrogen-bond acceptors (Lipinski definition) is 4. The Labute approximate surface area is 142 Å². The predicted molar refractivity (Wildman–Crippen MR) is 91.9 cm³/mol. The minimum atomic E-state index is -3.62. The monoisotopic (exact) mass is 367 g/mol. The Morgan fingerprint density at radius 3 is 2.57 bits per heavy atom. The van der Waals surface area contributed by atoms with E-state index in [0.717, 1.165) is 31.6 Å². The van der Waals surface area contributed by atoms with Crippen LogP contribution in [0.5, 0.6) is 0 Å². The van der Waals surface area contributed by atoms with Crippen LogP contribution in [0.4, 0.5) is 10.1 Å². The third-order valence-electron chi connectivity index (χ3n) is 3.05. The summed E-state index contributed by atoms with van der Waals surface area (Å²) in [6, 6.07) is 3.35. The van der Waals surface area contributed by atoms with Crippen LogP contribution in [0.3, 0.4) is 0 Å². The molecule has 1 aromatic rings. The fourth-order valence-electron chi connectivity index (χ4n) is 1.91. The van der Waals surface area contributed by atoms with Crippen molar-refractivity contribution in [3.63, 3.8) is 0 Å². The zero-order valence-electron chi connectivity index (χ0n) is 13.1. The molecule has 0 saturated carbocycles. The number of benzene rings is 1. The van der Waals surface area contributed by atoms with Crippen molar-refractivity contribution < 1.29 is 17.6 Å².